The molecule has 6 heteroatoms. The molecule has 5 nitrogen and oxygen atoms in total. The molecule has 0 amide bonds. The summed E-state index contributed by atoms with van der Waals surface area (Å²) in [5, 5.41) is 0. The maximum Gasteiger partial charge on any atom is 0.194 e. The number of hydrogen-bond acceptors (Lipinski definition) is 5. The molecule has 1 fully saturated rings. The number of rotatable bonds is 3. The van der Waals surface area contributed by atoms with E-state index in [1.807, 2.05) is 6.92 Å². The number of nitrogens with two attached hydrogens (primary N) is 1. The largest absolute Gasteiger partial charge is 0.444 e. The monoisotopic (exact) mass is 244 g/mol. The van der Waals surface area contributed by atoms with Crippen LogP contribution < -0.4 is 5.73 Å². The lowest BCUT2D eigenvalue weighted by Gasteiger charge is -2.03. The van der Waals surface area contributed by atoms with Gasteiger partial charge in [0.25, 0.3) is 0 Å². The maximum atomic E-state index is 11.3. The lowest BCUT2D eigenvalue weighted by Crippen LogP contribution is -2.07. The smallest absolute Gasteiger partial charge is 0.194 e. The van der Waals surface area contributed by atoms with Crippen molar-refractivity contribution in [2.24, 2.45) is 11.7 Å². The predicted molar refractivity (Wildman–Crippen MR) is 59.6 cm³/mol. The minimum Gasteiger partial charge on any atom is -0.444 e. The van der Waals surface area contributed by atoms with Crippen LogP contribution in [0.5, 0.6) is 0 Å². The van der Waals surface area contributed by atoms with E-state index in [4.69, 9.17) is 10.2 Å². The lowest BCUT2D eigenvalue weighted by atomic mass is 10.1. The van der Waals surface area contributed by atoms with Gasteiger partial charge in [0.05, 0.1) is 23.7 Å². The molecule has 1 saturated heterocycles. The van der Waals surface area contributed by atoms with E-state index in [-0.39, 0.29) is 17.7 Å². The molecule has 0 aromatic carbocycles. The SMILES string of the molecule is CC(N)c1cnc(CC2CCS(=O)(=O)C2)o1. The third-order valence-corrected chi connectivity index (χ3v) is 4.65. The molecule has 1 aliphatic heterocycles. The highest BCUT2D eigenvalue weighted by Crippen LogP contribution is 2.23. The molecule has 0 saturated carbocycles. The first-order valence-corrected chi connectivity index (χ1v) is 7.19. The molecule has 1 aromatic heterocycles. The van der Waals surface area contributed by atoms with Gasteiger partial charge in [0.2, 0.25) is 0 Å². The number of hydrogen-bond donors (Lipinski definition) is 1. The van der Waals surface area contributed by atoms with Gasteiger partial charge < -0.3 is 10.2 Å². The Kier molecular flexibility index (Phi) is 3.03. The summed E-state index contributed by atoms with van der Waals surface area (Å²) >= 11 is 0. The molecule has 1 aromatic rings. The topological polar surface area (TPSA) is 86.2 Å². The van der Waals surface area contributed by atoms with E-state index in [9.17, 15) is 8.42 Å². The van der Waals surface area contributed by atoms with Crippen LogP contribution in [0.2, 0.25) is 0 Å². The summed E-state index contributed by atoms with van der Waals surface area (Å²) in [6.45, 7) is 1.82. The van der Waals surface area contributed by atoms with Gasteiger partial charge in [-0.1, -0.05) is 0 Å². The fraction of sp³-hybridized carbons (Fsp3) is 0.700. The Morgan fingerprint density at radius 2 is 2.44 bits per heavy atom. The first kappa shape index (κ1) is 11.6. The number of oxazole rings is 1. The van der Waals surface area contributed by atoms with Crippen molar-refractivity contribution in [3.8, 4) is 0 Å². The minimum atomic E-state index is -2.82. The molecule has 0 radical (unpaired) electrons. The molecule has 2 rings (SSSR count). The van der Waals surface area contributed by atoms with Gasteiger partial charge in [-0.25, -0.2) is 13.4 Å². The van der Waals surface area contributed by atoms with Gasteiger partial charge >= 0.3 is 0 Å². The van der Waals surface area contributed by atoms with Crippen molar-refractivity contribution in [3.63, 3.8) is 0 Å². The molecule has 2 unspecified atom stereocenters. The summed E-state index contributed by atoms with van der Waals surface area (Å²) in [6.07, 6.45) is 2.91. The van der Waals surface area contributed by atoms with Crippen molar-refractivity contribution < 1.29 is 12.8 Å². The van der Waals surface area contributed by atoms with E-state index in [0.717, 1.165) is 0 Å². The normalized spacial score (nSPS) is 25.8. The Hall–Kier alpha value is -0.880. The predicted octanol–water partition coefficient (Wildman–Crippen LogP) is 0.672. The molecule has 2 atom stereocenters. The van der Waals surface area contributed by atoms with Crippen LogP contribution in [0.15, 0.2) is 10.6 Å². The average Bonchev–Trinajstić information content (AvgIpc) is 2.73. The fourth-order valence-electron chi connectivity index (χ4n) is 1.91. The first-order chi connectivity index (χ1) is 7.46. The number of nitrogens with zero attached hydrogens (tertiary/aromatic N) is 1. The van der Waals surface area contributed by atoms with Crippen LogP contribution in [0.4, 0.5) is 0 Å². The first-order valence-electron chi connectivity index (χ1n) is 5.37. The molecule has 0 aliphatic carbocycles. The van der Waals surface area contributed by atoms with Crippen molar-refractivity contribution in [1.29, 1.82) is 0 Å². The summed E-state index contributed by atoms with van der Waals surface area (Å²) < 4.78 is 28.0. The van der Waals surface area contributed by atoms with E-state index < -0.39 is 9.84 Å². The van der Waals surface area contributed by atoms with Gasteiger partial charge in [0, 0.05) is 6.42 Å². The van der Waals surface area contributed by atoms with Crippen LogP contribution in [-0.2, 0) is 16.3 Å². The van der Waals surface area contributed by atoms with Gasteiger partial charge in [0.15, 0.2) is 15.7 Å². The van der Waals surface area contributed by atoms with Crippen LogP contribution >= 0.6 is 0 Å². The zero-order chi connectivity index (χ0) is 11.8. The lowest BCUT2D eigenvalue weighted by molar-refractivity contribution is 0.407. The van der Waals surface area contributed by atoms with E-state index in [1.54, 1.807) is 6.20 Å². The van der Waals surface area contributed by atoms with Crippen LogP contribution in [0.25, 0.3) is 0 Å². The summed E-state index contributed by atoms with van der Waals surface area (Å²) in [6, 6.07) is -0.173. The van der Waals surface area contributed by atoms with E-state index >= 15 is 0 Å². The van der Waals surface area contributed by atoms with Crippen LogP contribution in [-0.4, -0.2) is 24.9 Å². The van der Waals surface area contributed by atoms with E-state index in [1.165, 1.54) is 0 Å². The average molecular weight is 244 g/mol. The molecular formula is C10H16N2O3S. The molecule has 2 heterocycles. The number of aromatic nitrogens is 1. The van der Waals surface area contributed by atoms with Crippen molar-refractivity contribution in [1.82, 2.24) is 4.98 Å². The Balaban J connectivity index is 2.00. The zero-order valence-electron chi connectivity index (χ0n) is 9.22. The Labute approximate surface area is 95.0 Å². The summed E-state index contributed by atoms with van der Waals surface area (Å²) in [5.74, 6) is 1.93. The van der Waals surface area contributed by atoms with Crippen molar-refractivity contribution in [2.45, 2.75) is 25.8 Å². The van der Waals surface area contributed by atoms with Gasteiger partial charge in [-0.05, 0) is 19.3 Å². The van der Waals surface area contributed by atoms with Crippen molar-refractivity contribution in [2.75, 3.05) is 11.5 Å². The fourth-order valence-corrected chi connectivity index (χ4v) is 3.77. The van der Waals surface area contributed by atoms with Gasteiger partial charge in [0.1, 0.15) is 5.76 Å². The Bertz CT molecular complexity index is 464. The van der Waals surface area contributed by atoms with Crippen LogP contribution in [0.1, 0.15) is 31.0 Å². The van der Waals surface area contributed by atoms with Crippen molar-refractivity contribution >= 4 is 9.84 Å². The second-order valence-electron chi connectivity index (χ2n) is 4.42. The maximum absolute atomic E-state index is 11.3. The highest BCUT2D eigenvalue weighted by Gasteiger charge is 2.29. The van der Waals surface area contributed by atoms with Gasteiger partial charge in [-0.2, -0.15) is 0 Å². The summed E-state index contributed by atoms with van der Waals surface area (Å²) in [5.41, 5.74) is 5.65. The highest BCUT2D eigenvalue weighted by molar-refractivity contribution is 7.91. The van der Waals surface area contributed by atoms with Crippen LogP contribution in [0, 0.1) is 5.92 Å². The van der Waals surface area contributed by atoms with Gasteiger partial charge in [-0.3, -0.25) is 0 Å². The zero-order valence-corrected chi connectivity index (χ0v) is 10.0. The quantitative estimate of drug-likeness (QED) is 0.844. The number of sulfone groups is 1. The molecule has 1 aliphatic rings. The third-order valence-electron chi connectivity index (χ3n) is 2.81. The van der Waals surface area contributed by atoms with E-state index in [0.29, 0.717) is 30.2 Å². The second-order valence-corrected chi connectivity index (χ2v) is 6.65. The Morgan fingerprint density at radius 3 is 2.94 bits per heavy atom. The molecule has 0 spiro atoms. The molecular weight excluding hydrogens is 228 g/mol. The van der Waals surface area contributed by atoms with Crippen molar-refractivity contribution in [3.05, 3.63) is 17.8 Å². The highest BCUT2D eigenvalue weighted by atomic mass is 32.2. The third kappa shape index (κ3) is 2.62. The molecule has 0 bridgehead atoms. The standard InChI is InChI=1S/C10H16N2O3S/c1-7(11)9-5-12-10(15-9)4-8-2-3-16(13,14)6-8/h5,7-8H,2-4,6,11H2,1H3. The second kappa shape index (κ2) is 4.18. The molecule has 90 valence electrons. The minimum absolute atomic E-state index is 0.143. The molecule has 2 N–H and O–H groups in total. The van der Waals surface area contributed by atoms with Crippen LogP contribution in [0.3, 0.4) is 0 Å². The molecule has 16 heavy (non-hydrogen) atoms. The summed E-state index contributed by atoms with van der Waals surface area (Å²) in [4.78, 5) is 4.11. The van der Waals surface area contributed by atoms with E-state index in [2.05, 4.69) is 4.98 Å². The van der Waals surface area contributed by atoms with Gasteiger partial charge in [-0.15, -0.1) is 0 Å². The Morgan fingerprint density at radius 1 is 1.69 bits per heavy atom. The summed E-state index contributed by atoms with van der Waals surface area (Å²) in [7, 11) is -2.82.